The lowest BCUT2D eigenvalue weighted by Gasteiger charge is -2.35. The van der Waals surface area contributed by atoms with E-state index in [-0.39, 0.29) is 11.9 Å². The van der Waals surface area contributed by atoms with Crippen molar-refractivity contribution in [1.29, 1.82) is 0 Å². The molecule has 3 rings (SSSR count). The highest BCUT2D eigenvalue weighted by Crippen LogP contribution is 2.27. The van der Waals surface area contributed by atoms with E-state index in [1.165, 1.54) is 12.8 Å². The Hall–Kier alpha value is -2.27. The SMILES string of the molecule is COc1ccc(C(=O)NC[C@H](c2ccc(C)o2)N2CCC(C)CC2)cc1. The van der Waals surface area contributed by atoms with E-state index in [0.29, 0.717) is 12.1 Å². The first-order chi connectivity index (χ1) is 12.6. The number of aryl methyl sites for hydroxylation is 1. The number of nitrogens with zero attached hydrogens (tertiary/aromatic N) is 1. The molecule has 5 nitrogen and oxygen atoms in total. The zero-order valence-corrected chi connectivity index (χ0v) is 15.8. The summed E-state index contributed by atoms with van der Waals surface area (Å²) in [5, 5.41) is 3.07. The molecule has 0 radical (unpaired) electrons. The molecular weight excluding hydrogens is 328 g/mol. The summed E-state index contributed by atoms with van der Waals surface area (Å²) in [5.74, 6) is 3.25. The highest BCUT2D eigenvalue weighted by atomic mass is 16.5. The number of rotatable bonds is 6. The van der Waals surface area contributed by atoms with Crippen molar-refractivity contribution in [2.24, 2.45) is 5.92 Å². The maximum absolute atomic E-state index is 12.5. The van der Waals surface area contributed by atoms with E-state index in [2.05, 4.69) is 17.1 Å². The topological polar surface area (TPSA) is 54.7 Å². The zero-order valence-electron chi connectivity index (χ0n) is 15.8. The minimum Gasteiger partial charge on any atom is -0.497 e. The van der Waals surface area contributed by atoms with Crippen LogP contribution in [0.4, 0.5) is 0 Å². The second-order valence-corrected chi connectivity index (χ2v) is 7.12. The van der Waals surface area contributed by atoms with E-state index in [4.69, 9.17) is 9.15 Å². The lowest BCUT2D eigenvalue weighted by atomic mass is 9.97. The summed E-state index contributed by atoms with van der Waals surface area (Å²) in [6, 6.07) is 11.2. The highest BCUT2D eigenvalue weighted by molar-refractivity contribution is 5.94. The molecule has 0 bridgehead atoms. The second kappa shape index (κ2) is 8.41. The predicted molar refractivity (Wildman–Crippen MR) is 101 cm³/mol. The fourth-order valence-corrected chi connectivity index (χ4v) is 3.42. The molecule has 0 saturated carbocycles. The Kier molecular flexibility index (Phi) is 5.99. The van der Waals surface area contributed by atoms with E-state index in [9.17, 15) is 4.79 Å². The standard InChI is InChI=1S/C21H28N2O3/c1-15-10-12-23(13-11-15)19(20-9-4-16(2)26-20)14-22-21(24)17-5-7-18(25-3)8-6-17/h4-9,15,19H,10-14H2,1-3H3,(H,22,24)/t19-/m1/s1. The van der Waals surface area contributed by atoms with Crippen LogP contribution in [0.1, 0.15) is 47.7 Å². The minimum absolute atomic E-state index is 0.0680. The molecule has 2 aromatic rings. The first kappa shape index (κ1) is 18.5. The lowest BCUT2D eigenvalue weighted by molar-refractivity contribution is 0.0895. The smallest absolute Gasteiger partial charge is 0.251 e. The fourth-order valence-electron chi connectivity index (χ4n) is 3.42. The van der Waals surface area contributed by atoms with Crippen LogP contribution in [-0.2, 0) is 0 Å². The molecule has 5 heteroatoms. The van der Waals surface area contributed by atoms with E-state index in [0.717, 1.165) is 36.3 Å². The first-order valence-electron chi connectivity index (χ1n) is 9.29. The maximum atomic E-state index is 12.5. The number of carbonyl (C=O) groups is 1. The molecule has 1 aromatic carbocycles. The molecule has 0 spiro atoms. The van der Waals surface area contributed by atoms with Crippen molar-refractivity contribution in [2.75, 3.05) is 26.7 Å². The van der Waals surface area contributed by atoms with Gasteiger partial charge in [0.1, 0.15) is 17.3 Å². The number of hydrogen-bond acceptors (Lipinski definition) is 4. The number of amides is 1. The van der Waals surface area contributed by atoms with Crippen molar-refractivity contribution >= 4 is 5.91 Å². The number of furan rings is 1. The quantitative estimate of drug-likeness (QED) is 0.855. The number of carbonyl (C=O) groups excluding carboxylic acids is 1. The molecule has 1 aromatic heterocycles. The van der Waals surface area contributed by atoms with Crippen molar-refractivity contribution in [3.05, 3.63) is 53.5 Å². The largest absolute Gasteiger partial charge is 0.497 e. The van der Waals surface area contributed by atoms with Gasteiger partial charge in [0.05, 0.1) is 13.2 Å². The van der Waals surface area contributed by atoms with Crippen molar-refractivity contribution in [3.63, 3.8) is 0 Å². The van der Waals surface area contributed by atoms with Crippen LogP contribution in [0.25, 0.3) is 0 Å². The molecule has 26 heavy (non-hydrogen) atoms. The molecular formula is C21H28N2O3. The van der Waals surface area contributed by atoms with Gasteiger partial charge in [-0.1, -0.05) is 6.92 Å². The Morgan fingerprint density at radius 2 is 1.92 bits per heavy atom. The number of ether oxygens (including phenoxy) is 1. The third kappa shape index (κ3) is 4.47. The molecule has 0 aliphatic carbocycles. The third-order valence-corrected chi connectivity index (χ3v) is 5.16. The Labute approximate surface area is 155 Å². The normalized spacial score (nSPS) is 17.0. The monoisotopic (exact) mass is 356 g/mol. The maximum Gasteiger partial charge on any atom is 0.251 e. The van der Waals surface area contributed by atoms with Crippen LogP contribution in [0.2, 0.25) is 0 Å². The van der Waals surface area contributed by atoms with E-state index in [1.54, 1.807) is 31.4 Å². The first-order valence-corrected chi connectivity index (χ1v) is 9.29. The number of methoxy groups -OCH3 is 1. The minimum atomic E-state index is -0.0775. The molecule has 1 aliphatic heterocycles. The molecule has 1 amide bonds. The van der Waals surface area contributed by atoms with Gasteiger partial charge in [-0.15, -0.1) is 0 Å². The summed E-state index contributed by atoms with van der Waals surface area (Å²) in [4.78, 5) is 14.9. The van der Waals surface area contributed by atoms with Crippen LogP contribution in [0.15, 0.2) is 40.8 Å². The van der Waals surface area contributed by atoms with Crippen LogP contribution in [-0.4, -0.2) is 37.6 Å². The number of benzene rings is 1. The van der Waals surface area contributed by atoms with Gasteiger partial charge >= 0.3 is 0 Å². The van der Waals surface area contributed by atoms with Crippen molar-refractivity contribution in [2.45, 2.75) is 32.7 Å². The molecule has 140 valence electrons. The Morgan fingerprint density at radius 1 is 1.23 bits per heavy atom. The van der Waals surface area contributed by atoms with Gasteiger partial charge in [0.2, 0.25) is 0 Å². The molecule has 1 atom stereocenters. The Bertz CT molecular complexity index is 715. The molecule has 1 aliphatic rings. The molecule has 1 fully saturated rings. The molecule has 1 saturated heterocycles. The number of hydrogen-bond donors (Lipinski definition) is 1. The summed E-state index contributed by atoms with van der Waals surface area (Å²) in [5.41, 5.74) is 0.632. The van der Waals surface area contributed by atoms with Gasteiger partial charge in [0, 0.05) is 12.1 Å². The summed E-state index contributed by atoms with van der Waals surface area (Å²) in [6.07, 6.45) is 2.37. The van der Waals surface area contributed by atoms with Crippen LogP contribution < -0.4 is 10.1 Å². The summed E-state index contributed by atoms with van der Waals surface area (Å²) in [6.45, 7) is 6.85. The number of nitrogens with one attached hydrogen (secondary N) is 1. The van der Waals surface area contributed by atoms with Crippen molar-refractivity contribution < 1.29 is 13.9 Å². The van der Waals surface area contributed by atoms with Crippen LogP contribution in [0.3, 0.4) is 0 Å². The van der Waals surface area contributed by atoms with Gasteiger partial charge < -0.3 is 14.5 Å². The van der Waals surface area contributed by atoms with Crippen LogP contribution in [0, 0.1) is 12.8 Å². The number of likely N-dealkylation sites (tertiary alicyclic amines) is 1. The van der Waals surface area contributed by atoms with Gasteiger partial charge in [-0.3, -0.25) is 9.69 Å². The zero-order chi connectivity index (χ0) is 18.5. The van der Waals surface area contributed by atoms with Gasteiger partial charge in [0.15, 0.2) is 0 Å². The van der Waals surface area contributed by atoms with E-state index in [1.807, 2.05) is 19.1 Å². The third-order valence-electron chi connectivity index (χ3n) is 5.16. The van der Waals surface area contributed by atoms with Gasteiger partial charge in [-0.2, -0.15) is 0 Å². The Morgan fingerprint density at radius 3 is 2.50 bits per heavy atom. The highest BCUT2D eigenvalue weighted by Gasteiger charge is 2.27. The summed E-state index contributed by atoms with van der Waals surface area (Å²) >= 11 is 0. The summed E-state index contributed by atoms with van der Waals surface area (Å²) in [7, 11) is 1.62. The van der Waals surface area contributed by atoms with Crippen LogP contribution >= 0.6 is 0 Å². The fraction of sp³-hybridized carbons (Fsp3) is 0.476. The molecule has 1 N–H and O–H groups in total. The van der Waals surface area contributed by atoms with Crippen molar-refractivity contribution in [3.8, 4) is 5.75 Å². The van der Waals surface area contributed by atoms with E-state index >= 15 is 0 Å². The lowest BCUT2D eigenvalue weighted by Crippen LogP contribution is -2.41. The Balaban J connectivity index is 1.67. The average Bonchev–Trinajstić information content (AvgIpc) is 3.09. The molecule has 0 unspecified atom stereocenters. The van der Waals surface area contributed by atoms with Gasteiger partial charge in [0.25, 0.3) is 5.91 Å². The number of piperidine rings is 1. The van der Waals surface area contributed by atoms with Gasteiger partial charge in [-0.25, -0.2) is 0 Å². The van der Waals surface area contributed by atoms with Crippen molar-refractivity contribution in [1.82, 2.24) is 10.2 Å². The van der Waals surface area contributed by atoms with Gasteiger partial charge in [-0.05, 0) is 75.2 Å². The second-order valence-electron chi connectivity index (χ2n) is 7.12. The molecule has 2 heterocycles. The predicted octanol–water partition coefficient (Wildman–Crippen LogP) is 3.80. The van der Waals surface area contributed by atoms with Crippen LogP contribution in [0.5, 0.6) is 5.75 Å². The average molecular weight is 356 g/mol. The van der Waals surface area contributed by atoms with E-state index < -0.39 is 0 Å². The summed E-state index contributed by atoms with van der Waals surface area (Å²) < 4.78 is 11.0.